The largest absolute Gasteiger partial charge is 0.385 e. The number of aromatic nitrogens is 3. The summed E-state index contributed by atoms with van der Waals surface area (Å²) >= 11 is 0. The summed E-state index contributed by atoms with van der Waals surface area (Å²) in [7, 11) is 1.71. The molecule has 19 heavy (non-hydrogen) atoms. The van der Waals surface area contributed by atoms with Gasteiger partial charge in [0.05, 0.1) is 6.20 Å². The van der Waals surface area contributed by atoms with E-state index in [9.17, 15) is 0 Å². The monoisotopic (exact) mass is 265 g/mol. The number of hydrogen-bond donors (Lipinski definition) is 1. The van der Waals surface area contributed by atoms with Crippen molar-refractivity contribution in [1.29, 1.82) is 0 Å². The fraction of sp³-hybridized carbons (Fsp3) is 0.769. The van der Waals surface area contributed by atoms with E-state index in [-0.39, 0.29) is 0 Å². The summed E-state index contributed by atoms with van der Waals surface area (Å²) in [6.07, 6.45) is 5.12. The molecular weight excluding hydrogens is 242 g/mol. The molecule has 0 amide bonds. The molecule has 1 saturated heterocycles. The van der Waals surface area contributed by atoms with Crippen LogP contribution in [0, 0.1) is 5.92 Å². The molecule has 6 nitrogen and oxygen atoms in total. The first-order chi connectivity index (χ1) is 9.29. The number of nitrogens with zero attached hydrogens (tertiary/aromatic N) is 4. The fourth-order valence-electron chi connectivity index (χ4n) is 2.32. The lowest BCUT2D eigenvalue weighted by Crippen LogP contribution is -2.35. The molecule has 0 spiro atoms. The van der Waals surface area contributed by atoms with Crippen molar-refractivity contribution >= 4 is 11.8 Å². The Morgan fingerprint density at radius 3 is 3.21 bits per heavy atom. The van der Waals surface area contributed by atoms with Gasteiger partial charge in [0.2, 0.25) is 5.95 Å². The highest BCUT2D eigenvalue weighted by Gasteiger charge is 2.19. The van der Waals surface area contributed by atoms with Gasteiger partial charge in [-0.05, 0) is 25.2 Å². The highest BCUT2D eigenvalue weighted by atomic mass is 16.5. The lowest BCUT2D eigenvalue weighted by Gasteiger charge is -2.30. The summed E-state index contributed by atoms with van der Waals surface area (Å²) in [4.78, 5) is 6.75. The molecule has 2 heterocycles. The molecule has 1 N–H and O–H groups in total. The number of nitrogens with one attached hydrogen (secondary N) is 1. The zero-order valence-electron chi connectivity index (χ0n) is 11.8. The third kappa shape index (κ3) is 4.31. The van der Waals surface area contributed by atoms with Crippen molar-refractivity contribution in [2.24, 2.45) is 5.92 Å². The maximum Gasteiger partial charge on any atom is 0.247 e. The van der Waals surface area contributed by atoms with Gasteiger partial charge in [-0.15, -0.1) is 5.10 Å². The summed E-state index contributed by atoms with van der Waals surface area (Å²) in [6.45, 7) is 5.91. The second-order valence-electron chi connectivity index (χ2n) is 5.11. The molecule has 0 radical (unpaired) electrons. The summed E-state index contributed by atoms with van der Waals surface area (Å²) < 4.78 is 5.01. The first-order valence-electron chi connectivity index (χ1n) is 6.97. The minimum Gasteiger partial charge on any atom is -0.385 e. The Morgan fingerprint density at radius 1 is 1.53 bits per heavy atom. The van der Waals surface area contributed by atoms with Crippen LogP contribution in [0.25, 0.3) is 0 Å². The van der Waals surface area contributed by atoms with E-state index >= 15 is 0 Å². The zero-order valence-corrected chi connectivity index (χ0v) is 11.8. The van der Waals surface area contributed by atoms with Gasteiger partial charge in [-0.1, -0.05) is 6.92 Å². The van der Waals surface area contributed by atoms with Gasteiger partial charge in [0.25, 0.3) is 0 Å². The minimum absolute atomic E-state index is 0.704. The second-order valence-corrected chi connectivity index (χ2v) is 5.11. The zero-order chi connectivity index (χ0) is 13.5. The molecule has 0 saturated carbocycles. The predicted octanol–water partition coefficient (Wildman–Crippen LogP) is 1.56. The predicted molar refractivity (Wildman–Crippen MR) is 75.4 cm³/mol. The average Bonchev–Trinajstić information content (AvgIpc) is 2.44. The normalized spacial score (nSPS) is 19.5. The Labute approximate surface area is 114 Å². The molecule has 1 aliphatic rings. The van der Waals surface area contributed by atoms with Crippen molar-refractivity contribution in [2.75, 3.05) is 43.6 Å². The number of anilines is 2. The lowest BCUT2D eigenvalue weighted by atomic mass is 10.0. The first-order valence-corrected chi connectivity index (χ1v) is 6.97. The standard InChI is InChI=1S/C13H23N5O/c1-11-5-3-7-18(10-11)13-16-12(9-15-17-13)14-6-4-8-19-2/h9,11H,3-8,10H2,1-2H3,(H,14,16,17). The van der Waals surface area contributed by atoms with Crippen LogP contribution in [-0.4, -0.2) is 48.5 Å². The summed E-state index contributed by atoms with van der Waals surface area (Å²) in [5.41, 5.74) is 0. The van der Waals surface area contributed by atoms with E-state index in [2.05, 4.69) is 32.3 Å². The van der Waals surface area contributed by atoms with Crippen molar-refractivity contribution in [3.8, 4) is 0 Å². The van der Waals surface area contributed by atoms with E-state index in [1.165, 1.54) is 12.8 Å². The SMILES string of the molecule is COCCCNc1cnnc(N2CCCC(C)C2)n1. The van der Waals surface area contributed by atoms with Crippen LogP contribution in [0.5, 0.6) is 0 Å². The Balaban J connectivity index is 1.90. The van der Waals surface area contributed by atoms with E-state index in [1.54, 1.807) is 13.3 Å². The third-order valence-corrected chi connectivity index (χ3v) is 3.32. The first kappa shape index (κ1) is 14.0. The van der Waals surface area contributed by atoms with E-state index in [1.807, 2.05) is 0 Å². The van der Waals surface area contributed by atoms with Crippen LogP contribution in [0.3, 0.4) is 0 Å². The molecule has 1 aliphatic heterocycles. The third-order valence-electron chi connectivity index (χ3n) is 3.32. The quantitative estimate of drug-likeness (QED) is 0.788. The van der Waals surface area contributed by atoms with Gasteiger partial charge < -0.3 is 15.0 Å². The molecule has 0 bridgehead atoms. The maximum absolute atomic E-state index is 5.01. The molecule has 0 aromatic carbocycles. The van der Waals surface area contributed by atoms with Crippen molar-refractivity contribution in [2.45, 2.75) is 26.2 Å². The van der Waals surface area contributed by atoms with Crippen LogP contribution in [0.2, 0.25) is 0 Å². The van der Waals surface area contributed by atoms with Gasteiger partial charge in [-0.3, -0.25) is 0 Å². The van der Waals surface area contributed by atoms with Crippen molar-refractivity contribution < 1.29 is 4.74 Å². The van der Waals surface area contributed by atoms with Crippen molar-refractivity contribution in [1.82, 2.24) is 15.2 Å². The summed E-state index contributed by atoms with van der Waals surface area (Å²) in [5.74, 6) is 2.23. The molecule has 106 valence electrons. The Kier molecular flexibility index (Phi) is 5.32. The number of piperidine rings is 1. The molecule has 1 aromatic heterocycles. The van der Waals surface area contributed by atoms with Gasteiger partial charge in [0.1, 0.15) is 0 Å². The number of ether oxygens (including phenoxy) is 1. The van der Waals surface area contributed by atoms with Gasteiger partial charge in [-0.2, -0.15) is 10.1 Å². The van der Waals surface area contributed by atoms with Crippen LogP contribution in [0.15, 0.2) is 6.20 Å². The summed E-state index contributed by atoms with van der Waals surface area (Å²) in [5, 5.41) is 11.4. The van der Waals surface area contributed by atoms with E-state index in [0.29, 0.717) is 5.92 Å². The lowest BCUT2D eigenvalue weighted by molar-refractivity contribution is 0.197. The van der Waals surface area contributed by atoms with Crippen LogP contribution in [-0.2, 0) is 4.74 Å². The van der Waals surface area contributed by atoms with Crippen molar-refractivity contribution in [3.05, 3.63) is 6.20 Å². The fourth-order valence-corrected chi connectivity index (χ4v) is 2.32. The Hall–Kier alpha value is -1.43. The molecule has 1 fully saturated rings. The van der Waals surface area contributed by atoms with Crippen molar-refractivity contribution in [3.63, 3.8) is 0 Å². The molecule has 0 aliphatic carbocycles. The molecular formula is C13H23N5O. The highest BCUT2D eigenvalue weighted by molar-refractivity contribution is 5.39. The van der Waals surface area contributed by atoms with Crippen LogP contribution in [0.1, 0.15) is 26.2 Å². The highest BCUT2D eigenvalue weighted by Crippen LogP contribution is 2.19. The van der Waals surface area contributed by atoms with Crippen LogP contribution >= 0.6 is 0 Å². The number of methoxy groups -OCH3 is 1. The second kappa shape index (κ2) is 7.23. The number of rotatable bonds is 6. The minimum atomic E-state index is 0.704. The smallest absolute Gasteiger partial charge is 0.247 e. The Bertz CT molecular complexity index is 387. The van der Waals surface area contributed by atoms with Crippen LogP contribution < -0.4 is 10.2 Å². The van der Waals surface area contributed by atoms with E-state index < -0.39 is 0 Å². The molecule has 1 unspecified atom stereocenters. The molecule has 6 heteroatoms. The van der Waals surface area contributed by atoms with E-state index in [4.69, 9.17) is 4.74 Å². The summed E-state index contributed by atoms with van der Waals surface area (Å²) in [6, 6.07) is 0. The van der Waals surface area contributed by atoms with Gasteiger partial charge in [0.15, 0.2) is 5.82 Å². The van der Waals surface area contributed by atoms with Gasteiger partial charge >= 0.3 is 0 Å². The van der Waals surface area contributed by atoms with Gasteiger partial charge in [-0.25, -0.2) is 0 Å². The number of hydrogen-bond acceptors (Lipinski definition) is 6. The molecule has 1 aromatic rings. The maximum atomic E-state index is 5.01. The van der Waals surface area contributed by atoms with E-state index in [0.717, 1.165) is 44.4 Å². The van der Waals surface area contributed by atoms with Gasteiger partial charge in [0, 0.05) is 33.4 Å². The molecule has 1 atom stereocenters. The Morgan fingerprint density at radius 2 is 2.42 bits per heavy atom. The van der Waals surface area contributed by atoms with Crippen LogP contribution in [0.4, 0.5) is 11.8 Å². The average molecular weight is 265 g/mol. The molecule has 2 rings (SSSR count). The topological polar surface area (TPSA) is 63.2 Å².